The van der Waals surface area contributed by atoms with Crippen molar-refractivity contribution in [1.29, 1.82) is 0 Å². The summed E-state index contributed by atoms with van der Waals surface area (Å²) in [6.07, 6.45) is 5.41. The molecule has 0 aromatic carbocycles. The number of rotatable bonds is 6. The van der Waals surface area contributed by atoms with Gasteiger partial charge in [0.15, 0.2) is 5.65 Å². The molecule has 0 aliphatic carbocycles. The van der Waals surface area contributed by atoms with Crippen LogP contribution in [0.4, 0.5) is 0 Å². The highest BCUT2D eigenvalue weighted by molar-refractivity contribution is 5.85. The van der Waals surface area contributed by atoms with E-state index in [1.165, 1.54) is 21.9 Å². The zero-order valence-corrected chi connectivity index (χ0v) is 14.4. The second-order valence-electron chi connectivity index (χ2n) is 6.04. The molecule has 1 aliphatic heterocycles. The molecule has 1 amide bonds. The number of piperidine rings is 1. The molecule has 2 N–H and O–H groups in total. The number of amides is 1. The Kier molecular flexibility index (Phi) is 6.81. The maximum atomic E-state index is 12.1. The average molecular weight is 354 g/mol. The van der Waals surface area contributed by atoms with E-state index in [-0.39, 0.29) is 30.4 Å². The third kappa shape index (κ3) is 4.58. The van der Waals surface area contributed by atoms with Crippen molar-refractivity contribution in [3.63, 3.8) is 0 Å². The molecule has 1 saturated heterocycles. The van der Waals surface area contributed by atoms with Gasteiger partial charge in [-0.25, -0.2) is 9.48 Å². The monoisotopic (exact) mass is 353 g/mol. The molecule has 0 bridgehead atoms. The van der Waals surface area contributed by atoms with Gasteiger partial charge in [-0.15, -0.1) is 17.5 Å². The SMILES string of the molecule is Cl.O=C(CCn1nc2ccccn2c1=O)NCCC1CCCNC1. The van der Waals surface area contributed by atoms with Gasteiger partial charge in [0.25, 0.3) is 0 Å². The first-order valence-electron chi connectivity index (χ1n) is 8.25. The van der Waals surface area contributed by atoms with Gasteiger partial charge in [-0.1, -0.05) is 6.07 Å². The fourth-order valence-corrected chi connectivity index (χ4v) is 3.00. The van der Waals surface area contributed by atoms with Gasteiger partial charge in [0.05, 0.1) is 6.54 Å². The molecule has 24 heavy (non-hydrogen) atoms. The van der Waals surface area contributed by atoms with Crippen molar-refractivity contribution in [2.24, 2.45) is 5.92 Å². The van der Waals surface area contributed by atoms with Crippen molar-refractivity contribution in [3.05, 3.63) is 34.9 Å². The van der Waals surface area contributed by atoms with Crippen molar-refractivity contribution < 1.29 is 4.79 Å². The van der Waals surface area contributed by atoms with E-state index in [0.717, 1.165) is 19.5 Å². The second kappa shape index (κ2) is 8.84. The van der Waals surface area contributed by atoms with Crippen molar-refractivity contribution in [3.8, 4) is 0 Å². The van der Waals surface area contributed by atoms with E-state index in [2.05, 4.69) is 15.7 Å². The van der Waals surface area contributed by atoms with Crippen LogP contribution in [0.25, 0.3) is 5.65 Å². The summed E-state index contributed by atoms with van der Waals surface area (Å²) in [5.41, 5.74) is 0.393. The Morgan fingerprint density at radius 2 is 2.29 bits per heavy atom. The maximum Gasteiger partial charge on any atom is 0.350 e. The molecule has 1 aliphatic rings. The molecule has 0 radical (unpaired) electrons. The molecule has 0 saturated carbocycles. The van der Waals surface area contributed by atoms with Gasteiger partial charge in [-0.05, 0) is 50.4 Å². The fraction of sp³-hybridized carbons (Fsp3) is 0.562. The van der Waals surface area contributed by atoms with Crippen LogP contribution in [0.3, 0.4) is 0 Å². The highest BCUT2D eigenvalue weighted by Gasteiger charge is 2.13. The highest BCUT2D eigenvalue weighted by atomic mass is 35.5. The standard InChI is InChI=1S/C16H23N5O2.ClH/c22-15(18-9-6-13-4-3-8-17-12-13)7-11-21-16(23)20-10-2-1-5-14(20)19-21;/h1-2,5,10,13,17H,3-4,6-9,11-12H2,(H,18,22);1H. The predicted octanol–water partition coefficient (Wildman–Crippen LogP) is 0.814. The van der Waals surface area contributed by atoms with Gasteiger partial charge < -0.3 is 10.6 Å². The summed E-state index contributed by atoms with van der Waals surface area (Å²) < 4.78 is 2.83. The number of hydrogen-bond donors (Lipinski definition) is 2. The van der Waals surface area contributed by atoms with Crippen LogP contribution in [-0.4, -0.2) is 39.7 Å². The summed E-state index contributed by atoms with van der Waals surface area (Å²) in [6.45, 7) is 3.16. The molecule has 3 rings (SSSR count). The molecule has 8 heteroatoms. The van der Waals surface area contributed by atoms with E-state index in [1.807, 2.05) is 6.07 Å². The van der Waals surface area contributed by atoms with E-state index in [0.29, 0.717) is 24.7 Å². The number of nitrogens with zero attached hydrogens (tertiary/aromatic N) is 3. The summed E-state index contributed by atoms with van der Waals surface area (Å²) in [4.78, 5) is 24.0. The lowest BCUT2D eigenvalue weighted by Crippen LogP contribution is -2.33. The normalized spacial score (nSPS) is 17.4. The lowest BCUT2D eigenvalue weighted by molar-refractivity contribution is -0.121. The van der Waals surface area contributed by atoms with Gasteiger partial charge in [0, 0.05) is 19.2 Å². The average Bonchev–Trinajstić information content (AvgIpc) is 2.90. The van der Waals surface area contributed by atoms with Gasteiger partial charge in [-0.2, -0.15) is 0 Å². The number of halogens is 1. The van der Waals surface area contributed by atoms with Crippen LogP contribution >= 0.6 is 12.4 Å². The van der Waals surface area contributed by atoms with Crippen LogP contribution in [0.2, 0.25) is 0 Å². The minimum absolute atomic E-state index is 0. The first-order valence-corrected chi connectivity index (χ1v) is 8.25. The van der Waals surface area contributed by atoms with Crippen LogP contribution in [0.15, 0.2) is 29.2 Å². The number of hydrogen-bond acceptors (Lipinski definition) is 4. The Labute approximate surface area is 146 Å². The molecule has 2 aromatic rings. The number of pyridine rings is 1. The number of fused-ring (bicyclic) bond motifs is 1. The summed E-state index contributed by atoms with van der Waals surface area (Å²) in [5, 5.41) is 10.5. The zero-order chi connectivity index (χ0) is 16.1. The smallest absolute Gasteiger partial charge is 0.350 e. The molecule has 2 aromatic heterocycles. The summed E-state index contributed by atoms with van der Waals surface area (Å²) in [5.74, 6) is 0.628. The number of nitrogens with one attached hydrogen (secondary N) is 2. The second-order valence-corrected chi connectivity index (χ2v) is 6.04. The van der Waals surface area contributed by atoms with E-state index >= 15 is 0 Å². The number of aryl methyl sites for hydroxylation is 1. The third-order valence-electron chi connectivity index (χ3n) is 4.31. The Hall–Kier alpha value is -1.86. The largest absolute Gasteiger partial charge is 0.356 e. The fourth-order valence-electron chi connectivity index (χ4n) is 3.00. The Balaban J connectivity index is 0.00000208. The van der Waals surface area contributed by atoms with Gasteiger partial charge >= 0.3 is 5.69 Å². The molecular weight excluding hydrogens is 330 g/mol. The molecule has 1 unspecified atom stereocenters. The molecule has 7 nitrogen and oxygen atoms in total. The van der Waals surface area contributed by atoms with Crippen LogP contribution in [0, 0.1) is 5.92 Å². The highest BCUT2D eigenvalue weighted by Crippen LogP contribution is 2.12. The maximum absolute atomic E-state index is 12.1. The molecular formula is C16H24ClN5O2. The Morgan fingerprint density at radius 1 is 1.42 bits per heavy atom. The molecule has 3 heterocycles. The van der Waals surface area contributed by atoms with Crippen molar-refractivity contribution in [2.75, 3.05) is 19.6 Å². The van der Waals surface area contributed by atoms with Crippen LogP contribution in [0.5, 0.6) is 0 Å². The van der Waals surface area contributed by atoms with Crippen LogP contribution < -0.4 is 16.3 Å². The minimum atomic E-state index is -0.207. The van der Waals surface area contributed by atoms with E-state index < -0.39 is 0 Å². The number of carbonyl (C=O) groups excluding carboxylic acids is 1. The minimum Gasteiger partial charge on any atom is -0.356 e. The Bertz CT molecular complexity index is 721. The van der Waals surface area contributed by atoms with Crippen molar-refractivity contribution in [1.82, 2.24) is 24.8 Å². The van der Waals surface area contributed by atoms with Crippen LogP contribution in [0.1, 0.15) is 25.7 Å². The van der Waals surface area contributed by atoms with Gasteiger partial charge in [-0.3, -0.25) is 9.20 Å². The number of aromatic nitrogens is 3. The van der Waals surface area contributed by atoms with Gasteiger partial charge in [0.1, 0.15) is 0 Å². The summed E-state index contributed by atoms with van der Waals surface area (Å²) >= 11 is 0. The zero-order valence-electron chi connectivity index (χ0n) is 13.6. The number of carbonyl (C=O) groups is 1. The summed E-state index contributed by atoms with van der Waals surface area (Å²) in [6, 6.07) is 5.39. The van der Waals surface area contributed by atoms with Gasteiger partial charge in [0.2, 0.25) is 5.91 Å². The molecule has 0 spiro atoms. The van der Waals surface area contributed by atoms with E-state index in [4.69, 9.17) is 0 Å². The van der Waals surface area contributed by atoms with Crippen molar-refractivity contribution in [2.45, 2.75) is 32.2 Å². The van der Waals surface area contributed by atoms with E-state index in [1.54, 1.807) is 18.3 Å². The topological polar surface area (TPSA) is 80.4 Å². The third-order valence-corrected chi connectivity index (χ3v) is 4.31. The molecule has 1 fully saturated rings. The van der Waals surface area contributed by atoms with Crippen molar-refractivity contribution >= 4 is 24.0 Å². The first kappa shape index (κ1) is 18.5. The summed E-state index contributed by atoms with van der Waals surface area (Å²) in [7, 11) is 0. The molecule has 1 atom stereocenters. The van der Waals surface area contributed by atoms with Crippen LogP contribution in [-0.2, 0) is 11.3 Å². The molecule has 132 valence electrons. The first-order chi connectivity index (χ1) is 11.2. The van der Waals surface area contributed by atoms with E-state index in [9.17, 15) is 9.59 Å². The lowest BCUT2D eigenvalue weighted by Gasteiger charge is -2.22. The predicted molar refractivity (Wildman–Crippen MR) is 94.5 cm³/mol. The quantitative estimate of drug-likeness (QED) is 0.805. The Morgan fingerprint density at radius 3 is 3.04 bits per heavy atom. The lowest BCUT2D eigenvalue weighted by atomic mass is 9.96.